The van der Waals surface area contributed by atoms with E-state index in [0.717, 1.165) is 18.6 Å². The molecule has 0 aliphatic rings. The van der Waals surface area contributed by atoms with Crippen molar-refractivity contribution in [1.82, 2.24) is 15.5 Å². The molecule has 1 heterocycles. The van der Waals surface area contributed by atoms with Gasteiger partial charge in [-0.25, -0.2) is 4.79 Å². The molecule has 0 saturated carbocycles. The number of carbonyl (C=O) groups excluding carboxylic acids is 1. The van der Waals surface area contributed by atoms with Gasteiger partial charge in [0.05, 0.1) is 0 Å². The molecule has 0 radical (unpaired) electrons. The Hall–Kier alpha value is -2.41. The van der Waals surface area contributed by atoms with E-state index in [1.165, 1.54) is 6.39 Å². The number of amides is 2. The third-order valence-electron chi connectivity index (χ3n) is 2.93. The van der Waals surface area contributed by atoms with Gasteiger partial charge in [0, 0.05) is 31.0 Å². The molecule has 0 unspecified atom stereocenters. The summed E-state index contributed by atoms with van der Waals surface area (Å²) < 4.78 is 10.6. The smallest absolute Gasteiger partial charge is 0.319 e. The van der Waals surface area contributed by atoms with Crippen LogP contribution in [-0.2, 0) is 4.74 Å². The third kappa shape index (κ3) is 6.07. The van der Waals surface area contributed by atoms with Crippen LogP contribution in [0.15, 0.2) is 35.1 Å². The van der Waals surface area contributed by atoms with Gasteiger partial charge in [-0.1, -0.05) is 19.9 Å². The number of benzene rings is 1. The van der Waals surface area contributed by atoms with Crippen molar-refractivity contribution in [2.45, 2.75) is 20.3 Å². The first kappa shape index (κ1) is 17.0. The molecule has 2 amide bonds. The van der Waals surface area contributed by atoms with Crippen molar-refractivity contribution in [3.05, 3.63) is 30.7 Å². The number of rotatable bonds is 8. The second-order valence-corrected chi connectivity index (χ2v) is 5.53. The van der Waals surface area contributed by atoms with Crippen LogP contribution in [0.2, 0.25) is 0 Å². The minimum atomic E-state index is -0.253. The van der Waals surface area contributed by atoms with Crippen LogP contribution in [0.1, 0.15) is 20.3 Å². The van der Waals surface area contributed by atoms with Crippen LogP contribution in [0.5, 0.6) is 0 Å². The molecule has 2 rings (SSSR count). The van der Waals surface area contributed by atoms with Crippen molar-refractivity contribution >= 4 is 11.7 Å². The SMILES string of the molecule is CC(C)COCCCNC(=O)Nc1cccc(-c2nnco2)c1. The van der Waals surface area contributed by atoms with Crippen molar-refractivity contribution < 1.29 is 13.9 Å². The normalized spacial score (nSPS) is 10.7. The zero-order valence-electron chi connectivity index (χ0n) is 13.4. The van der Waals surface area contributed by atoms with E-state index in [9.17, 15) is 4.79 Å². The standard InChI is InChI=1S/C16H22N4O3/c1-12(2)10-22-8-4-7-17-16(21)19-14-6-3-5-13(9-14)15-20-18-11-23-15/h3,5-6,9,11-12H,4,7-8,10H2,1-2H3,(H2,17,19,21). The minimum Gasteiger partial charge on any atom is -0.423 e. The summed E-state index contributed by atoms with van der Waals surface area (Å²) >= 11 is 0. The maximum absolute atomic E-state index is 11.8. The number of aromatic nitrogens is 2. The molecule has 0 saturated heterocycles. The maximum atomic E-state index is 11.8. The fourth-order valence-electron chi connectivity index (χ4n) is 1.90. The van der Waals surface area contributed by atoms with Crippen molar-refractivity contribution in [2.75, 3.05) is 25.1 Å². The molecule has 23 heavy (non-hydrogen) atoms. The highest BCUT2D eigenvalue weighted by Crippen LogP contribution is 2.20. The van der Waals surface area contributed by atoms with Crippen molar-refractivity contribution in [1.29, 1.82) is 0 Å². The summed E-state index contributed by atoms with van der Waals surface area (Å²) in [4.78, 5) is 11.8. The zero-order chi connectivity index (χ0) is 16.5. The number of carbonyl (C=O) groups is 1. The van der Waals surface area contributed by atoms with Gasteiger partial charge >= 0.3 is 6.03 Å². The van der Waals surface area contributed by atoms with E-state index < -0.39 is 0 Å². The van der Waals surface area contributed by atoms with Gasteiger partial charge in [0.2, 0.25) is 12.3 Å². The lowest BCUT2D eigenvalue weighted by Crippen LogP contribution is -2.30. The molecule has 0 atom stereocenters. The van der Waals surface area contributed by atoms with Gasteiger partial charge in [-0.2, -0.15) is 0 Å². The molecule has 7 nitrogen and oxygen atoms in total. The van der Waals surface area contributed by atoms with Crippen LogP contribution < -0.4 is 10.6 Å². The Kier molecular flexibility index (Phi) is 6.56. The number of hydrogen-bond acceptors (Lipinski definition) is 5. The summed E-state index contributed by atoms with van der Waals surface area (Å²) in [7, 11) is 0. The second kappa shape index (κ2) is 8.89. The van der Waals surface area contributed by atoms with E-state index >= 15 is 0 Å². The van der Waals surface area contributed by atoms with Gasteiger partial charge in [0.15, 0.2) is 0 Å². The quantitative estimate of drug-likeness (QED) is 0.730. The second-order valence-electron chi connectivity index (χ2n) is 5.53. The predicted octanol–water partition coefficient (Wildman–Crippen LogP) is 2.92. The average molecular weight is 318 g/mol. The zero-order valence-corrected chi connectivity index (χ0v) is 13.4. The monoisotopic (exact) mass is 318 g/mol. The highest BCUT2D eigenvalue weighted by Gasteiger charge is 2.06. The molecule has 2 N–H and O–H groups in total. The van der Waals surface area contributed by atoms with E-state index in [4.69, 9.17) is 9.15 Å². The van der Waals surface area contributed by atoms with Gasteiger partial charge in [-0.3, -0.25) is 0 Å². The van der Waals surface area contributed by atoms with E-state index in [2.05, 4.69) is 34.7 Å². The Balaban J connectivity index is 1.72. The number of anilines is 1. The van der Waals surface area contributed by atoms with Crippen molar-refractivity contribution in [2.24, 2.45) is 5.92 Å². The van der Waals surface area contributed by atoms with Crippen LogP contribution in [0.4, 0.5) is 10.5 Å². The minimum absolute atomic E-state index is 0.253. The van der Waals surface area contributed by atoms with Gasteiger partial charge in [0.25, 0.3) is 0 Å². The highest BCUT2D eigenvalue weighted by molar-refractivity contribution is 5.89. The first-order chi connectivity index (χ1) is 11.1. The van der Waals surface area contributed by atoms with E-state index in [1.807, 2.05) is 12.1 Å². The Labute approximate surface area is 135 Å². The number of urea groups is 1. The lowest BCUT2D eigenvalue weighted by atomic mass is 10.2. The Morgan fingerprint density at radius 2 is 2.26 bits per heavy atom. The third-order valence-corrected chi connectivity index (χ3v) is 2.93. The summed E-state index contributed by atoms with van der Waals surface area (Å²) in [5.74, 6) is 0.939. The van der Waals surface area contributed by atoms with Gasteiger partial charge in [-0.15, -0.1) is 10.2 Å². The Morgan fingerprint density at radius 1 is 1.39 bits per heavy atom. The fourth-order valence-corrected chi connectivity index (χ4v) is 1.90. The number of hydrogen-bond donors (Lipinski definition) is 2. The molecule has 0 aliphatic carbocycles. The Bertz CT molecular complexity index is 599. The molecule has 0 aliphatic heterocycles. The highest BCUT2D eigenvalue weighted by atomic mass is 16.5. The summed E-state index contributed by atoms with van der Waals surface area (Å²) in [5, 5.41) is 13.0. The van der Waals surface area contributed by atoms with Gasteiger partial charge in [0.1, 0.15) is 0 Å². The summed E-state index contributed by atoms with van der Waals surface area (Å²) in [6.07, 6.45) is 2.05. The molecule has 0 spiro atoms. The molecule has 0 fully saturated rings. The Morgan fingerprint density at radius 3 is 3.00 bits per heavy atom. The molecule has 124 valence electrons. The van der Waals surface area contributed by atoms with E-state index in [1.54, 1.807) is 12.1 Å². The molecule has 2 aromatic rings. The predicted molar refractivity (Wildman–Crippen MR) is 87.0 cm³/mol. The number of ether oxygens (including phenoxy) is 1. The van der Waals surface area contributed by atoms with E-state index in [0.29, 0.717) is 30.6 Å². The van der Waals surface area contributed by atoms with Crippen LogP contribution in [0.3, 0.4) is 0 Å². The first-order valence-corrected chi connectivity index (χ1v) is 7.64. The number of nitrogens with zero attached hydrogens (tertiary/aromatic N) is 2. The van der Waals surface area contributed by atoms with Gasteiger partial charge < -0.3 is 19.8 Å². The molecular formula is C16H22N4O3. The first-order valence-electron chi connectivity index (χ1n) is 7.64. The average Bonchev–Trinajstić information content (AvgIpc) is 3.05. The van der Waals surface area contributed by atoms with Crippen LogP contribution >= 0.6 is 0 Å². The molecule has 7 heteroatoms. The van der Waals surface area contributed by atoms with Crippen LogP contribution in [0, 0.1) is 5.92 Å². The summed E-state index contributed by atoms with van der Waals surface area (Å²) in [5.41, 5.74) is 1.41. The summed E-state index contributed by atoms with van der Waals surface area (Å²) in [6.45, 7) is 6.16. The molecular weight excluding hydrogens is 296 g/mol. The molecule has 1 aromatic heterocycles. The van der Waals surface area contributed by atoms with Crippen molar-refractivity contribution in [3.63, 3.8) is 0 Å². The maximum Gasteiger partial charge on any atom is 0.319 e. The lowest BCUT2D eigenvalue weighted by molar-refractivity contribution is 0.108. The van der Waals surface area contributed by atoms with E-state index in [-0.39, 0.29) is 6.03 Å². The van der Waals surface area contributed by atoms with Gasteiger partial charge in [-0.05, 0) is 30.5 Å². The largest absolute Gasteiger partial charge is 0.423 e. The summed E-state index contributed by atoms with van der Waals surface area (Å²) in [6, 6.07) is 6.97. The molecule has 0 bridgehead atoms. The van der Waals surface area contributed by atoms with Crippen molar-refractivity contribution in [3.8, 4) is 11.5 Å². The van der Waals surface area contributed by atoms with Crippen LogP contribution in [0.25, 0.3) is 11.5 Å². The number of nitrogens with one attached hydrogen (secondary N) is 2. The fraction of sp³-hybridized carbons (Fsp3) is 0.438. The lowest BCUT2D eigenvalue weighted by Gasteiger charge is -2.09. The topological polar surface area (TPSA) is 89.3 Å². The molecule has 1 aromatic carbocycles. The van der Waals surface area contributed by atoms with Crippen LogP contribution in [-0.4, -0.2) is 36.0 Å².